The number of carbonyl (C=O) groups excluding carboxylic acids is 1. The highest BCUT2D eigenvalue weighted by atomic mass is 16.5. The standard InChI is InChI=1S/C17H21NO4/c1-10(19)11-5-6-13-12(7-11)8-22-17(13)9-18(15(20)21)14(17)16(2,3)4/h5-7,14H,8-9H2,1-4H3,(H,20,21). The molecule has 2 unspecified atom stereocenters. The van der Waals surface area contributed by atoms with E-state index in [-0.39, 0.29) is 17.2 Å². The Morgan fingerprint density at radius 3 is 2.59 bits per heavy atom. The molecule has 0 saturated carbocycles. The largest absolute Gasteiger partial charge is 0.465 e. The van der Waals surface area contributed by atoms with Crippen molar-refractivity contribution in [2.75, 3.05) is 6.54 Å². The average Bonchev–Trinajstić information content (AvgIpc) is 2.73. The Bertz CT molecular complexity index is 661. The molecular weight excluding hydrogens is 282 g/mol. The van der Waals surface area contributed by atoms with Crippen molar-refractivity contribution < 1.29 is 19.4 Å². The average molecular weight is 303 g/mol. The molecule has 1 aromatic carbocycles. The molecule has 1 N–H and O–H groups in total. The van der Waals surface area contributed by atoms with E-state index in [1.54, 1.807) is 13.0 Å². The lowest BCUT2D eigenvalue weighted by atomic mass is 9.66. The van der Waals surface area contributed by atoms with Crippen LogP contribution in [-0.4, -0.2) is 34.5 Å². The van der Waals surface area contributed by atoms with Crippen molar-refractivity contribution in [1.82, 2.24) is 4.90 Å². The van der Waals surface area contributed by atoms with Crippen molar-refractivity contribution in [2.24, 2.45) is 5.41 Å². The van der Waals surface area contributed by atoms with Crippen LogP contribution in [0, 0.1) is 5.41 Å². The minimum Gasteiger partial charge on any atom is -0.465 e. The highest BCUT2D eigenvalue weighted by Crippen LogP contribution is 2.53. The molecule has 1 spiro atoms. The summed E-state index contributed by atoms with van der Waals surface area (Å²) < 4.78 is 6.08. The molecule has 2 atom stereocenters. The van der Waals surface area contributed by atoms with Crippen molar-refractivity contribution in [3.8, 4) is 0 Å². The van der Waals surface area contributed by atoms with E-state index < -0.39 is 11.7 Å². The number of carboxylic acid groups (broad SMARTS) is 1. The summed E-state index contributed by atoms with van der Waals surface area (Å²) in [4.78, 5) is 24.4. The summed E-state index contributed by atoms with van der Waals surface area (Å²) in [5.41, 5.74) is 1.86. The van der Waals surface area contributed by atoms with Crippen LogP contribution < -0.4 is 0 Å². The zero-order valence-corrected chi connectivity index (χ0v) is 13.3. The third kappa shape index (κ3) is 1.96. The van der Waals surface area contributed by atoms with Gasteiger partial charge in [0.1, 0.15) is 5.60 Å². The molecule has 0 aromatic heterocycles. The zero-order valence-electron chi connectivity index (χ0n) is 13.3. The number of benzene rings is 1. The fourth-order valence-electron chi connectivity index (χ4n) is 3.90. The number of hydrogen-bond acceptors (Lipinski definition) is 3. The summed E-state index contributed by atoms with van der Waals surface area (Å²) in [6.07, 6.45) is -0.914. The fraction of sp³-hybridized carbons (Fsp3) is 0.529. The summed E-state index contributed by atoms with van der Waals surface area (Å²) in [6.45, 7) is 8.40. The van der Waals surface area contributed by atoms with Gasteiger partial charge in [-0.05, 0) is 29.5 Å². The van der Waals surface area contributed by atoms with E-state index >= 15 is 0 Å². The second-order valence-electron chi connectivity index (χ2n) is 7.29. The van der Waals surface area contributed by atoms with Gasteiger partial charge in [0.15, 0.2) is 5.78 Å². The zero-order chi connectivity index (χ0) is 16.3. The Balaban J connectivity index is 2.04. The maximum atomic E-state index is 11.5. The highest BCUT2D eigenvalue weighted by Gasteiger charge is 2.63. The first-order valence-electron chi connectivity index (χ1n) is 7.45. The topological polar surface area (TPSA) is 66.8 Å². The van der Waals surface area contributed by atoms with Crippen molar-refractivity contribution in [3.05, 3.63) is 34.9 Å². The molecule has 0 bridgehead atoms. The maximum absolute atomic E-state index is 11.5. The van der Waals surface area contributed by atoms with Crippen LogP contribution in [0.25, 0.3) is 0 Å². The van der Waals surface area contributed by atoms with Crippen LogP contribution in [0.4, 0.5) is 4.79 Å². The van der Waals surface area contributed by atoms with E-state index in [2.05, 4.69) is 0 Å². The molecule has 1 fully saturated rings. The van der Waals surface area contributed by atoms with E-state index in [0.717, 1.165) is 11.1 Å². The Labute approximate surface area is 129 Å². The number of ether oxygens (including phenoxy) is 1. The summed E-state index contributed by atoms with van der Waals surface area (Å²) in [5, 5.41) is 9.40. The predicted molar refractivity (Wildman–Crippen MR) is 80.9 cm³/mol. The van der Waals surface area contributed by atoms with Gasteiger partial charge in [0.05, 0.1) is 19.2 Å². The fourth-order valence-corrected chi connectivity index (χ4v) is 3.90. The summed E-state index contributed by atoms with van der Waals surface area (Å²) in [6, 6.07) is 5.37. The van der Waals surface area contributed by atoms with Crippen molar-refractivity contribution in [1.29, 1.82) is 0 Å². The van der Waals surface area contributed by atoms with Gasteiger partial charge in [-0.25, -0.2) is 4.79 Å². The Morgan fingerprint density at radius 1 is 1.36 bits per heavy atom. The van der Waals surface area contributed by atoms with Gasteiger partial charge in [0, 0.05) is 5.56 Å². The first-order valence-corrected chi connectivity index (χ1v) is 7.45. The van der Waals surface area contributed by atoms with Gasteiger partial charge in [-0.3, -0.25) is 9.69 Å². The van der Waals surface area contributed by atoms with Gasteiger partial charge >= 0.3 is 6.09 Å². The molecule has 2 aliphatic rings. The molecule has 0 radical (unpaired) electrons. The molecule has 1 aromatic rings. The molecule has 118 valence electrons. The Kier molecular flexibility index (Phi) is 3.11. The molecule has 2 heterocycles. The van der Waals surface area contributed by atoms with Gasteiger partial charge in [-0.2, -0.15) is 0 Å². The van der Waals surface area contributed by atoms with Crippen LogP contribution in [0.1, 0.15) is 49.2 Å². The lowest BCUT2D eigenvalue weighted by Crippen LogP contribution is -2.72. The second kappa shape index (κ2) is 4.56. The number of amides is 1. The van der Waals surface area contributed by atoms with Gasteiger partial charge in [0.25, 0.3) is 0 Å². The summed E-state index contributed by atoms with van der Waals surface area (Å²) in [5.74, 6) is 0.0249. The van der Waals surface area contributed by atoms with Crippen LogP contribution in [0.5, 0.6) is 0 Å². The van der Waals surface area contributed by atoms with Gasteiger partial charge in [-0.15, -0.1) is 0 Å². The monoisotopic (exact) mass is 303 g/mol. The number of hydrogen-bond donors (Lipinski definition) is 1. The number of nitrogens with zero attached hydrogens (tertiary/aromatic N) is 1. The number of rotatable bonds is 1. The molecule has 2 aliphatic heterocycles. The molecule has 22 heavy (non-hydrogen) atoms. The molecular formula is C17H21NO4. The van der Waals surface area contributed by atoms with Gasteiger partial charge in [0.2, 0.25) is 0 Å². The first kappa shape index (κ1) is 15.0. The van der Waals surface area contributed by atoms with Gasteiger partial charge < -0.3 is 9.84 Å². The molecule has 5 nitrogen and oxygen atoms in total. The van der Waals surface area contributed by atoms with E-state index in [0.29, 0.717) is 18.7 Å². The van der Waals surface area contributed by atoms with E-state index in [1.807, 2.05) is 32.9 Å². The molecule has 1 saturated heterocycles. The van der Waals surface area contributed by atoms with Gasteiger partial charge in [-0.1, -0.05) is 32.9 Å². The predicted octanol–water partition coefficient (Wildman–Crippen LogP) is 3.02. The van der Waals surface area contributed by atoms with Crippen molar-refractivity contribution in [2.45, 2.75) is 45.9 Å². The molecule has 1 amide bonds. The summed E-state index contributed by atoms with van der Waals surface area (Å²) >= 11 is 0. The molecule has 5 heteroatoms. The number of fused-ring (bicyclic) bond motifs is 2. The third-order valence-corrected chi connectivity index (χ3v) is 4.68. The Hall–Kier alpha value is -1.88. The van der Waals surface area contributed by atoms with E-state index in [4.69, 9.17) is 4.74 Å². The SMILES string of the molecule is CC(=O)c1ccc2c(c1)COC21CN(C(=O)O)C1C(C)(C)C. The highest BCUT2D eigenvalue weighted by molar-refractivity contribution is 5.94. The third-order valence-electron chi connectivity index (χ3n) is 4.68. The van der Waals surface area contributed by atoms with Crippen molar-refractivity contribution >= 4 is 11.9 Å². The number of likely N-dealkylation sites (tertiary alicyclic amines) is 1. The number of Topliss-reactive ketones (excluding diaryl/α,β-unsaturated/α-hetero) is 1. The second-order valence-corrected chi connectivity index (χ2v) is 7.29. The van der Waals surface area contributed by atoms with Crippen LogP contribution in [0.15, 0.2) is 18.2 Å². The first-order chi connectivity index (χ1) is 10.2. The number of carbonyl (C=O) groups is 2. The van der Waals surface area contributed by atoms with E-state index in [9.17, 15) is 14.7 Å². The minimum atomic E-state index is -0.914. The minimum absolute atomic E-state index is 0.0249. The lowest BCUT2D eigenvalue weighted by molar-refractivity contribution is -0.203. The normalized spacial score (nSPS) is 26.7. The summed E-state index contributed by atoms with van der Waals surface area (Å²) in [7, 11) is 0. The van der Waals surface area contributed by atoms with Crippen molar-refractivity contribution in [3.63, 3.8) is 0 Å². The van der Waals surface area contributed by atoms with Crippen LogP contribution in [0.3, 0.4) is 0 Å². The van der Waals surface area contributed by atoms with Crippen LogP contribution in [0.2, 0.25) is 0 Å². The van der Waals surface area contributed by atoms with Crippen LogP contribution in [-0.2, 0) is 16.9 Å². The Morgan fingerprint density at radius 2 is 2.05 bits per heavy atom. The quantitative estimate of drug-likeness (QED) is 0.810. The lowest BCUT2D eigenvalue weighted by Gasteiger charge is -2.58. The molecule has 0 aliphatic carbocycles. The van der Waals surface area contributed by atoms with Crippen LogP contribution >= 0.6 is 0 Å². The molecule has 3 rings (SSSR count). The maximum Gasteiger partial charge on any atom is 0.407 e. The number of ketones is 1. The smallest absolute Gasteiger partial charge is 0.407 e. The van der Waals surface area contributed by atoms with E-state index in [1.165, 1.54) is 4.90 Å².